The van der Waals surface area contributed by atoms with Gasteiger partial charge in [-0.25, -0.2) is 0 Å². The van der Waals surface area contributed by atoms with Gasteiger partial charge in [0.25, 0.3) is 34.8 Å². The molecule has 8 aromatic carbocycles. The SMILES string of the molecule is CC(C)(C)[Si](C)(C)OCc1sccc1-c1ccc([N+](=O)[O-])c(N)c1.COc1ccc(C(=O)Nc2cc(-c3ccsc3CO)ccc2N)cc1.COc1ccc(C(=O)Nc2cc(-c3ccsc3CO[Si](C)(C)C(C)(C)C)ccc2N)cc1.COc1ccc(C(=O)Nc2cc(-c3ccsc3CO[Si](C)(C)C(C)(C)C)ccc2[N+](=O)[O-])cc1.Nc1cc(-c2ccsc2CO)ccc1[N+](=O)[O-].O=Cc1sccc1B(O)O. The molecule has 0 fully saturated rings. The number of hydrogen-bond donors (Lipinski definition) is 11. The molecule has 15 N–H and O–H groups in total. The van der Waals surface area contributed by atoms with Crippen molar-refractivity contribution in [1.82, 2.24) is 0 Å². The van der Waals surface area contributed by atoms with Crippen LogP contribution < -0.4 is 58.6 Å². The van der Waals surface area contributed by atoms with Crippen LogP contribution in [-0.4, -0.2) is 112 Å². The number of benzene rings is 8. The van der Waals surface area contributed by atoms with Crippen molar-refractivity contribution in [3.05, 3.63) is 309 Å². The first-order valence-corrected chi connectivity index (χ1v) is 58.4. The van der Waals surface area contributed by atoms with Gasteiger partial charge in [0.15, 0.2) is 31.2 Å². The number of nitro groups is 3. The zero-order chi connectivity index (χ0) is 105. The molecule has 14 aromatic rings. The van der Waals surface area contributed by atoms with Crippen LogP contribution in [0.4, 0.5) is 56.9 Å². The van der Waals surface area contributed by atoms with E-state index >= 15 is 0 Å². The Morgan fingerprint density at radius 3 is 0.887 bits per heavy atom. The summed E-state index contributed by atoms with van der Waals surface area (Å²) in [7, 11) is -2.44. The van der Waals surface area contributed by atoms with E-state index in [-0.39, 0.29) is 79.7 Å². The van der Waals surface area contributed by atoms with Crippen molar-refractivity contribution in [1.29, 1.82) is 0 Å². The summed E-state index contributed by atoms with van der Waals surface area (Å²) < 4.78 is 34.5. The fraction of sp³-hybridized carbons (Fsp3) is 0.255. The van der Waals surface area contributed by atoms with Crippen LogP contribution in [0.2, 0.25) is 54.4 Å². The van der Waals surface area contributed by atoms with Crippen molar-refractivity contribution in [3.63, 3.8) is 0 Å². The fourth-order valence-corrected chi connectivity index (χ4v) is 20.6. The van der Waals surface area contributed by atoms with Gasteiger partial charge in [0, 0.05) is 64.7 Å². The average Bonchev–Trinajstić information content (AvgIpc) is 1.63. The number of thiophene rings is 6. The largest absolute Gasteiger partial charge is 0.497 e. The number of carbonyl (C=O) groups excluding carboxylic acids is 4. The molecule has 3 amide bonds. The lowest BCUT2D eigenvalue weighted by molar-refractivity contribution is -0.384. The first-order valence-electron chi connectivity index (χ1n) is 44.4. The smallest absolute Gasteiger partial charge is 0.490 e. The molecule has 40 heteroatoms. The molecule has 0 atom stereocenters. The highest BCUT2D eigenvalue weighted by Crippen LogP contribution is 2.45. The van der Waals surface area contributed by atoms with Crippen molar-refractivity contribution in [3.8, 4) is 72.9 Å². The molecule has 0 bridgehead atoms. The topological polar surface area (TPSA) is 474 Å². The number of aliphatic hydroxyl groups is 2. The van der Waals surface area contributed by atoms with Gasteiger partial charge in [-0.3, -0.25) is 49.5 Å². The molecule has 142 heavy (non-hydrogen) atoms. The van der Waals surface area contributed by atoms with E-state index in [9.17, 15) is 54.6 Å². The average molecular weight is 2090 g/mol. The van der Waals surface area contributed by atoms with Crippen LogP contribution in [0.15, 0.2) is 232 Å². The maximum atomic E-state index is 12.8. The van der Waals surface area contributed by atoms with E-state index in [1.54, 1.807) is 176 Å². The molecule has 6 heterocycles. The highest BCUT2D eigenvalue weighted by molar-refractivity contribution is 7.13. The first kappa shape index (κ1) is 113. The molecule has 0 aliphatic heterocycles. The first-order chi connectivity index (χ1) is 67.0. The Balaban J connectivity index is 0.000000196. The second kappa shape index (κ2) is 50.3. The molecule has 0 unspecified atom stereocenters. The zero-order valence-electron chi connectivity index (χ0n) is 82.1. The Hall–Kier alpha value is -12.7. The number of nitrogens with one attached hydrogen (secondary N) is 3. The molecule has 30 nitrogen and oxygen atoms in total. The molecule has 0 aliphatic carbocycles. The number of hydrogen-bond acceptors (Lipinski definition) is 30. The van der Waals surface area contributed by atoms with Crippen LogP contribution in [0.1, 0.15) is 127 Å². The number of rotatable bonds is 30. The molecule has 6 aromatic heterocycles. The summed E-state index contributed by atoms with van der Waals surface area (Å²) in [5.74, 6) is 1.10. The number of amides is 3. The van der Waals surface area contributed by atoms with Crippen LogP contribution >= 0.6 is 68.0 Å². The highest BCUT2D eigenvalue weighted by atomic mass is 32.1. The van der Waals surface area contributed by atoms with Crippen LogP contribution in [-0.2, 0) is 46.3 Å². The summed E-state index contributed by atoms with van der Waals surface area (Å²) in [4.78, 5) is 85.2. The second-order valence-corrected chi connectivity index (χ2v) is 57.1. The van der Waals surface area contributed by atoms with Gasteiger partial charge in [0.2, 0.25) is 0 Å². The number of ether oxygens (including phenoxy) is 3. The third-order valence-electron chi connectivity index (χ3n) is 24.3. The minimum absolute atomic E-state index is 0.0229. The van der Waals surface area contributed by atoms with E-state index in [1.807, 2.05) is 76.1 Å². The Bertz CT molecular complexity index is 6680. The van der Waals surface area contributed by atoms with Crippen LogP contribution in [0.3, 0.4) is 0 Å². The molecule has 0 spiro atoms. The number of nitrogen functional groups attached to an aromatic ring is 4. The van der Waals surface area contributed by atoms with E-state index in [0.717, 1.165) is 75.1 Å². The lowest BCUT2D eigenvalue weighted by Crippen LogP contribution is -2.40. The number of nitro benzene ring substituents is 3. The summed E-state index contributed by atoms with van der Waals surface area (Å²) in [6.07, 6.45) is 0.611. The minimum Gasteiger partial charge on any atom is -0.497 e. The van der Waals surface area contributed by atoms with Gasteiger partial charge in [0.1, 0.15) is 34.3 Å². The second-order valence-electron chi connectivity index (χ2n) is 36.7. The lowest BCUT2D eigenvalue weighted by atomic mass is 9.81. The Labute approximate surface area is 853 Å². The quantitative estimate of drug-likeness (QED) is 0.00655. The maximum Gasteiger partial charge on any atom is 0.490 e. The van der Waals surface area contributed by atoms with Gasteiger partial charge in [-0.05, 0) is 306 Å². The van der Waals surface area contributed by atoms with Crippen LogP contribution in [0, 0.1) is 30.3 Å². The van der Waals surface area contributed by atoms with Crippen LogP contribution in [0.5, 0.6) is 17.2 Å². The van der Waals surface area contributed by atoms with E-state index < -0.39 is 52.7 Å². The van der Waals surface area contributed by atoms with Gasteiger partial charge in [-0.2, -0.15) is 0 Å². The summed E-state index contributed by atoms with van der Waals surface area (Å²) in [6.45, 7) is 34.9. The molecule has 0 saturated carbocycles. The van der Waals surface area contributed by atoms with Crippen molar-refractivity contribution < 1.29 is 81.7 Å². The minimum atomic E-state index is -1.93. The van der Waals surface area contributed by atoms with Gasteiger partial charge in [-0.1, -0.05) is 80.5 Å². The van der Waals surface area contributed by atoms with E-state index in [0.29, 0.717) is 87.7 Å². The monoisotopic (exact) mass is 2090 g/mol. The Kier molecular flexibility index (Phi) is 40.0. The number of aldehydes is 1. The molecule has 14 rings (SSSR count). The number of methoxy groups -OCH3 is 3. The third-order valence-corrected chi connectivity index (χ3v) is 43.1. The summed E-state index contributed by atoms with van der Waals surface area (Å²) in [5, 5.41) is 89.4. The standard InChI is InChI=1S/C25H30N2O5SSi.C25H32N2O3SSi.C19H18N2O3S.C17H24N2O3SSi.C11H10N2O3S.C5H5BO3S/c1-25(2,3)34(5,6)32-16-23-20(13-14-33-23)18-9-12-22(27(29)30)21(15-18)26-24(28)17-7-10-19(31-4)11-8-17;1-25(2,3)32(5,6)30-16-23-20(13-14-31-23)18-9-12-21(26)22(15-18)27-24(28)17-7-10-19(29-4)11-8-17;1-24-14-5-2-12(3-6-14)19(23)21-17-10-13(4-7-16(17)20)15-8-9-25-18(15)11-22;1-17(2,3)24(4,5)22-11-16-13(8-9-23-16)12-6-7-15(19(20)21)14(18)10-12;12-9-5-7(1-2-10(9)13(15)16)8-3-4-17-11(8)6-14;7-3-5-4(6(8)9)1-2-10-5/h7-15H,16H2,1-6H3,(H,26,28);7-15H,16,26H2,1-6H3,(H,27,28);2-10,22H,11,20H2,1H3,(H,21,23);6-10H,11,18H2,1-5H3;1-5,14H,6,12H2;1-3,8-9H. The molecule has 748 valence electrons. The van der Waals surface area contributed by atoms with Crippen molar-refractivity contribution in [2.24, 2.45) is 0 Å². The highest BCUT2D eigenvalue weighted by Gasteiger charge is 2.40. The Morgan fingerprint density at radius 2 is 0.627 bits per heavy atom. The fourth-order valence-electron chi connectivity index (χ4n) is 12.8. The molecular weight excluding hydrogens is 1970 g/mol. The molecule has 0 radical (unpaired) electrons. The number of nitrogens with zero attached hydrogens (tertiary/aromatic N) is 3. The third kappa shape index (κ3) is 30.2. The van der Waals surface area contributed by atoms with E-state index in [1.165, 1.54) is 63.2 Å². The number of anilines is 7. The predicted molar refractivity (Wildman–Crippen MR) is 587 cm³/mol. The van der Waals surface area contributed by atoms with Crippen molar-refractivity contribution in [2.45, 2.75) is 150 Å². The molecular formula is C102H119BN10O20S6Si3. The number of aliphatic hydroxyl groups excluding tert-OH is 2. The normalized spacial score (nSPS) is 11.4. The van der Waals surface area contributed by atoms with Gasteiger partial charge in [0.05, 0.1) is 96.8 Å². The molecule has 0 aliphatic rings. The lowest BCUT2D eigenvalue weighted by Gasteiger charge is -2.36. The molecule has 0 saturated heterocycles. The van der Waals surface area contributed by atoms with Crippen molar-refractivity contribution >= 4 is 186 Å². The predicted octanol–water partition coefficient (Wildman–Crippen LogP) is 24.7. The number of nitrogens with two attached hydrogens (primary N) is 4. The summed E-state index contributed by atoms with van der Waals surface area (Å²) in [6, 6.07) is 57.1. The van der Waals surface area contributed by atoms with E-state index in [2.05, 4.69) is 129 Å². The van der Waals surface area contributed by atoms with Crippen molar-refractivity contribution in [2.75, 3.05) is 60.2 Å². The summed E-state index contributed by atoms with van der Waals surface area (Å²) >= 11 is 9.03. The van der Waals surface area contributed by atoms with Gasteiger partial charge >= 0.3 is 7.12 Å². The van der Waals surface area contributed by atoms with Gasteiger partial charge in [-0.15, -0.1) is 68.0 Å². The van der Waals surface area contributed by atoms with Gasteiger partial charge < -0.3 is 86.6 Å². The van der Waals surface area contributed by atoms with Crippen LogP contribution in [0.25, 0.3) is 55.6 Å². The zero-order valence-corrected chi connectivity index (χ0v) is 90.0. The Morgan fingerprint density at radius 1 is 0.366 bits per heavy atom. The number of carbonyl (C=O) groups is 4. The summed E-state index contributed by atoms with van der Waals surface area (Å²) in [5.41, 5.74) is 36.8. The maximum absolute atomic E-state index is 12.8. The van der Waals surface area contributed by atoms with E-state index in [4.69, 9.17) is 65.6 Å².